The third-order valence-corrected chi connectivity index (χ3v) is 4.67. The topological polar surface area (TPSA) is 128 Å². The summed E-state index contributed by atoms with van der Waals surface area (Å²) in [5, 5.41) is 21.0. The predicted molar refractivity (Wildman–Crippen MR) is 108 cm³/mol. The van der Waals surface area contributed by atoms with E-state index in [9.17, 15) is 20.2 Å². The largest absolute Gasteiger partial charge is 0.462 e. The molecule has 0 saturated heterocycles. The minimum atomic E-state index is -0.889. The molecule has 1 unspecified atom stereocenters. The molecule has 0 saturated carbocycles. The molecule has 8 heteroatoms. The first-order valence-corrected chi connectivity index (χ1v) is 9.17. The van der Waals surface area contributed by atoms with Crippen LogP contribution in [0, 0.1) is 28.4 Å². The highest BCUT2D eigenvalue weighted by Gasteiger charge is 2.38. The van der Waals surface area contributed by atoms with Crippen LogP contribution in [0.1, 0.15) is 29.5 Å². The van der Waals surface area contributed by atoms with Gasteiger partial charge in [-0.1, -0.05) is 42.0 Å². The molecule has 2 N–H and O–H groups in total. The normalized spacial score (nSPS) is 16.0. The predicted octanol–water partition coefficient (Wildman–Crippen LogP) is 3.69. The number of carbonyl (C=O) groups is 1. The molecule has 30 heavy (non-hydrogen) atoms. The SMILES string of the molecule is CCOC(=O)C1=C(N)OC(c2ccc(C)cc2)=C(C#N)C1c1ccc([N+](=O)[O-])cc1. The first-order chi connectivity index (χ1) is 14.4. The van der Waals surface area contributed by atoms with Gasteiger partial charge in [0, 0.05) is 17.7 Å². The lowest BCUT2D eigenvalue weighted by Gasteiger charge is -2.28. The fourth-order valence-corrected chi connectivity index (χ4v) is 3.22. The van der Waals surface area contributed by atoms with Crippen LogP contribution in [0.2, 0.25) is 0 Å². The summed E-state index contributed by atoms with van der Waals surface area (Å²) in [6, 6.07) is 15.0. The van der Waals surface area contributed by atoms with Gasteiger partial charge in [0.05, 0.1) is 29.1 Å². The molecule has 0 aromatic heterocycles. The Labute approximate surface area is 173 Å². The van der Waals surface area contributed by atoms with Crippen LogP contribution in [0.25, 0.3) is 5.76 Å². The Hall–Kier alpha value is -4.12. The molecule has 1 aliphatic heterocycles. The Kier molecular flexibility index (Phi) is 5.83. The molecule has 8 nitrogen and oxygen atoms in total. The Balaban J connectivity index is 2.21. The molecule has 0 aliphatic carbocycles. The van der Waals surface area contributed by atoms with Gasteiger partial charge in [0.25, 0.3) is 5.69 Å². The number of benzene rings is 2. The number of hydrogen-bond acceptors (Lipinski definition) is 7. The summed E-state index contributed by atoms with van der Waals surface area (Å²) >= 11 is 0. The molecule has 0 amide bonds. The van der Waals surface area contributed by atoms with Crippen molar-refractivity contribution in [3.05, 3.63) is 92.4 Å². The van der Waals surface area contributed by atoms with Crippen LogP contribution in [-0.4, -0.2) is 17.5 Å². The Bertz CT molecular complexity index is 1090. The third-order valence-electron chi connectivity index (χ3n) is 4.67. The van der Waals surface area contributed by atoms with Crippen LogP contribution < -0.4 is 5.73 Å². The molecule has 2 aromatic rings. The number of hydrogen-bond donors (Lipinski definition) is 1. The lowest BCUT2D eigenvalue weighted by molar-refractivity contribution is -0.384. The monoisotopic (exact) mass is 405 g/mol. The summed E-state index contributed by atoms with van der Waals surface area (Å²) in [6.07, 6.45) is 0. The second kappa shape index (κ2) is 8.49. The average Bonchev–Trinajstić information content (AvgIpc) is 2.73. The van der Waals surface area contributed by atoms with Crippen LogP contribution in [0.15, 0.2) is 65.6 Å². The lowest BCUT2D eigenvalue weighted by Crippen LogP contribution is -2.26. The Morgan fingerprint density at radius 2 is 1.87 bits per heavy atom. The average molecular weight is 405 g/mol. The summed E-state index contributed by atoms with van der Waals surface area (Å²) in [5.41, 5.74) is 8.25. The number of esters is 1. The first kappa shape index (κ1) is 20.6. The van der Waals surface area contributed by atoms with E-state index >= 15 is 0 Å². The van der Waals surface area contributed by atoms with Crippen molar-refractivity contribution in [2.24, 2.45) is 5.73 Å². The maximum absolute atomic E-state index is 12.6. The van der Waals surface area contributed by atoms with Crippen LogP contribution in [-0.2, 0) is 14.3 Å². The zero-order valence-corrected chi connectivity index (χ0v) is 16.4. The van der Waals surface area contributed by atoms with Gasteiger partial charge in [0.15, 0.2) is 5.76 Å². The van der Waals surface area contributed by atoms with E-state index in [1.165, 1.54) is 24.3 Å². The molecule has 0 bridgehead atoms. The summed E-state index contributed by atoms with van der Waals surface area (Å²) < 4.78 is 10.8. The van der Waals surface area contributed by atoms with Crippen molar-refractivity contribution in [3.63, 3.8) is 0 Å². The van der Waals surface area contributed by atoms with Gasteiger partial charge in [-0.15, -0.1) is 0 Å². The number of nitriles is 1. The quantitative estimate of drug-likeness (QED) is 0.456. The summed E-state index contributed by atoms with van der Waals surface area (Å²) in [5.74, 6) is -1.55. The van der Waals surface area contributed by atoms with Crippen molar-refractivity contribution in [2.75, 3.05) is 6.61 Å². The van der Waals surface area contributed by atoms with E-state index in [0.717, 1.165) is 5.56 Å². The number of rotatable bonds is 5. The summed E-state index contributed by atoms with van der Waals surface area (Å²) in [4.78, 5) is 23.1. The number of nitrogens with zero attached hydrogens (tertiary/aromatic N) is 2. The second-order valence-corrected chi connectivity index (χ2v) is 6.60. The number of allylic oxidation sites excluding steroid dienone is 1. The number of non-ortho nitro benzene ring substituents is 1. The van der Waals surface area contributed by atoms with Crippen LogP contribution in [0.5, 0.6) is 0 Å². The number of nitro benzene ring substituents is 1. The van der Waals surface area contributed by atoms with Gasteiger partial charge in [-0.2, -0.15) is 5.26 Å². The zero-order chi connectivity index (χ0) is 21.8. The molecule has 1 heterocycles. The van der Waals surface area contributed by atoms with Crippen LogP contribution in [0.3, 0.4) is 0 Å². The van der Waals surface area contributed by atoms with E-state index in [1.54, 1.807) is 19.1 Å². The highest BCUT2D eigenvalue weighted by molar-refractivity contribution is 5.94. The number of aryl methyl sites for hydroxylation is 1. The van der Waals surface area contributed by atoms with Gasteiger partial charge < -0.3 is 15.2 Å². The lowest BCUT2D eigenvalue weighted by atomic mass is 9.82. The molecule has 1 atom stereocenters. The third kappa shape index (κ3) is 3.86. The first-order valence-electron chi connectivity index (χ1n) is 9.17. The van der Waals surface area contributed by atoms with Crippen molar-refractivity contribution in [2.45, 2.75) is 19.8 Å². The van der Waals surface area contributed by atoms with Gasteiger partial charge in [0.2, 0.25) is 5.88 Å². The molecular weight excluding hydrogens is 386 g/mol. The second-order valence-electron chi connectivity index (χ2n) is 6.60. The van der Waals surface area contributed by atoms with Gasteiger partial charge in [0.1, 0.15) is 5.57 Å². The van der Waals surface area contributed by atoms with E-state index < -0.39 is 16.8 Å². The molecule has 152 valence electrons. The summed E-state index contributed by atoms with van der Waals surface area (Å²) in [7, 11) is 0. The fourth-order valence-electron chi connectivity index (χ4n) is 3.22. The van der Waals surface area contributed by atoms with Crippen molar-refractivity contribution in [1.82, 2.24) is 0 Å². The molecule has 0 spiro atoms. The van der Waals surface area contributed by atoms with Gasteiger partial charge in [-0.25, -0.2) is 4.79 Å². The van der Waals surface area contributed by atoms with E-state index in [-0.39, 0.29) is 35.1 Å². The van der Waals surface area contributed by atoms with E-state index in [4.69, 9.17) is 15.2 Å². The Morgan fingerprint density at radius 3 is 2.40 bits per heavy atom. The van der Waals surface area contributed by atoms with E-state index in [0.29, 0.717) is 11.1 Å². The zero-order valence-electron chi connectivity index (χ0n) is 16.4. The van der Waals surface area contributed by atoms with E-state index in [2.05, 4.69) is 6.07 Å². The number of nitrogens with two attached hydrogens (primary N) is 1. The van der Waals surface area contributed by atoms with Crippen molar-refractivity contribution >= 4 is 17.4 Å². The highest BCUT2D eigenvalue weighted by Crippen LogP contribution is 2.43. The van der Waals surface area contributed by atoms with Gasteiger partial charge in [-0.05, 0) is 19.4 Å². The molecular formula is C22H19N3O5. The minimum absolute atomic E-state index is 0.0156. The standard InChI is InChI=1S/C22H19N3O5/c1-3-29-22(26)19-18(14-8-10-16(11-9-14)25(27)28)17(12-23)20(30-21(19)24)15-6-4-13(2)5-7-15/h4-11,18H,3,24H2,1-2H3. The maximum Gasteiger partial charge on any atom is 0.340 e. The molecule has 0 radical (unpaired) electrons. The number of nitro groups is 1. The van der Waals surface area contributed by atoms with Crippen molar-refractivity contribution < 1.29 is 19.2 Å². The Morgan fingerprint density at radius 1 is 1.23 bits per heavy atom. The number of ether oxygens (including phenoxy) is 2. The maximum atomic E-state index is 12.6. The smallest absolute Gasteiger partial charge is 0.340 e. The van der Waals surface area contributed by atoms with Crippen molar-refractivity contribution in [1.29, 1.82) is 5.26 Å². The minimum Gasteiger partial charge on any atom is -0.462 e. The van der Waals surface area contributed by atoms with Crippen LogP contribution in [0.4, 0.5) is 5.69 Å². The molecule has 3 rings (SSSR count). The number of carbonyl (C=O) groups excluding carboxylic acids is 1. The molecule has 1 aliphatic rings. The molecule has 2 aromatic carbocycles. The van der Waals surface area contributed by atoms with Crippen molar-refractivity contribution in [3.8, 4) is 6.07 Å². The highest BCUT2D eigenvalue weighted by atomic mass is 16.6. The summed E-state index contributed by atoms with van der Waals surface area (Å²) in [6.45, 7) is 3.69. The van der Waals surface area contributed by atoms with Gasteiger partial charge in [-0.3, -0.25) is 10.1 Å². The molecule has 0 fully saturated rings. The van der Waals surface area contributed by atoms with Gasteiger partial charge >= 0.3 is 5.97 Å². The fraction of sp³-hybridized carbons (Fsp3) is 0.182. The van der Waals surface area contributed by atoms with E-state index in [1.807, 2.05) is 19.1 Å². The van der Waals surface area contributed by atoms with Crippen LogP contribution >= 0.6 is 0 Å².